The topological polar surface area (TPSA) is 72.0 Å². The van der Waals surface area contributed by atoms with E-state index in [4.69, 9.17) is 27.7 Å². The third kappa shape index (κ3) is 2.33. The second kappa shape index (κ2) is 5.11. The average Bonchev–Trinajstić information content (AvgIpc) is 2.93. The van der Waals surface area contributed by atoms with E-state index in [-0.39, 0.29) is 22.2 Å². The molecule has 0 aliphatic carbocycles. The van der Waals surface area contributed by atoms with Crippen molar-refractivity contribution in [2.75, 3.05) is 0 Å². The van der Waals surface area contributed by atoms with E-state index in [1.807, 2.05) is 6.07 Å². The molecule has 1 N–H and O–H groups in total. The summed E-state index contributed by atoms with van der Waals surface area (Å²) in [5, 5.41) is 14.2. The summed E-state index contributed by atoms with van der Waals surface area (Å²) in [6.45, 7) is 0. The molecule has 0 saturated carbocycles. The fourth-order valence-electron chi connectivity index (χ4n) is 1.66. The lowest BCUT2D eigenvalue weighted by Crippen LogP contribution is -1.85. The molecule has 0 atom stereocenters. The highest BCUT2D eigenvalue weighted by Gasteiger charge is 2.17. The van der Waals surface area contributed by atoms with Gasteiger partial charge in [0.1, 0.15) is 11.4 Å². The molecule has 0 aliphatic heterocycles. The van der Waals surface area contributed by atoms with Gasteiger partial charge in [-0.05, 0) is 24.3 Å². The van der Waals surface area contributed by atoms with E-state index in [0.29, 0.717) is 16.5 Å². The van der Waals surface area contributed by atoms with Gasteiger partial charge in [0, 0.05) is 11.2 Å². The van der Waals surface area contributed by atoms with E-state index in [1.165, 1.54) is 12.1 Å². The summed E-state index contributed by atoms with van der Waals surface area (Å²) >= 11 is 11.8. The first-order chi connectivity index (χ1) is 9.65. The molecule has 0 spiro atoms. The van der Waals surface area contributed by atoms with Gasteiger partial charge in [0.25, 0.3) is 5.89 Å². The number of halogens is 2. The minimum Gasteiger partial charge on any atom is -0.506 e. The summed E-state index contributed by atoms with van der Waals surface area (Å²) in [5.41, 5.74) is 0.840. The van der Waals surface area contributed by atoms with Crippen LogP contribution in [0.15, 0.2) is 41.1 Å². The first-order valence-electron chi connectivity index (χ1n) is 5.58. The Morgan fingerprint density at radius 1 is 1.15 bits per heavy atom. The second-order valence-corrected chi connectivity index (χ2v) is 4.77. The van der Waals surface area contributed by atoms with Gasteiger partial charge in [0.05, 0.1) is 10.6 Å². The Labute approximate surface area is 123 Å². The van der Waals surface area contributed by atoms with Crippen LogP contribution in [0.4, 0.5) is 0 Å². The van der Waals surface area contributed by atoms with Crippen molar-refractivity contribution in [1.29, 1.82) is 0 Å². The maximum atomic E-state index is 9.92. The molecule has 20 heavy (non-hydrogen) atoms. The molecule has 0 bridgehead atoms. The van der Waals surface area contributed by atoms with Crippen LogP contribution in [0.1, 0.15) is 0 Å². The highest BCUT2D eigenvalue weighted by molar-refractivity contribution is 6.36. The molecular weight excluding hydrogens is 301 g/mol. The van der Waals surface area contributed by atoms with Gasteiger partial charge in [-0.25, -0.2) is 0 Å². The zero-order chi connectivity index (χ0) is 14.1. The minimum atomic E-state index is -0.160. The minimum absolute atomic E-state index is 0.116. The van der Waals surface area contributed by atoms with E-state index < -0.39 is 0 Å². The lowest BCUT2D eigenvalue weighted by atomic mass is 10.2. The monoisotopic (exact) mass is 307 g/mol. The molecule has 7 heteroatoms. The Balaban J connectivity index is 2.07. The smallest absolute Gasteiger partial charge is 0.262 e. The molecule has 0 saturated heterocycles. The van der Waals surface area contributed by atoms with Crippen LogP contribution < -0.4 is 0 Å². The molecule has 1 aromatic carbocycles. The Kier molecular flexibility index (Phi) is 3.30. The average molecular weight is 308 g/mol. The zero-order valence-electron chi connectivity index (χ0n) is 9.92. The van der Waals surface area contributed by atoms with Gasteiger partial charge in [0.15, 0.2) is 0 Å². The van der Waals surface area contributed by atoms with Gasteiger partial charge in [-0.3, -0.25) is 4.98 Å². The predicted octanol–water partition coefficient (Wildman–Crippen LogP) is 3.81. The van der Waals surface area contributed by atoms with E-state index in [2.05, 4.69) is 15.1 Å². The Bertz CT molecular complexity index is 760. The molecule has 5 nitrogen and oxygen atoms in total. The number of nitrogens with zero attached hydrogens (tertiary/aromatic N) is 3. The fraction of sp³-hybridized carbons (Fsp3) is 0. The van der Waals surface area contributed by atoms with Crippen LogP contribution >= 0.6 is 23.2 Å². The van der Waals surface area contributed by atoms with E-state index in [0.717, 1.165) is 0 Å². The molecule has 0 unspecified atom stereocenters. The van der Waals surface area contributed by atoms with Crippen molar-refractivity contribution in [2.24, 2.45) is 0 Å². The van der Waals surface area contributed by atoms with Crippen molar-refractivity contribution in [3.05, 3.63) is 46.6 Å². The lowest BCUT2D eigenvalue weighted by molar-refractivity contribution is 0.425. The van der Waals surface area contributed by atoms with Crippen molar-refractivity contribution in [3.63, 3.8) is 0 Å². The Morgan fingerprint density at radius 2 is 2.00 bits per heavy atom. The highest BCUT2D eigenvalue weighted by atomic mass is 35.5. The summed E-state index contributed by atoms with van der Waals surface area (Å²) in [6, 6.07) is 8.27. The fourth-order valence-corrected chi connectivity index (χ4v) is 2.15. The van der Waals surface area contributed by atoms with Crippen LogP contribution in [0.5, 0.6) is 5.75 Å². The van der Waals surface area contributed by atoms with Gasteiger partial charge in [-0.2, -0.15) is 4.98 Å². The van der Waals surface area contributed by atoms with E-state index >= 15 is 0 Å². The summed E-state index contributed by atoms with van der Waals surface area (Å²) in [7, 11) is 0. The number of rotatable bonds is 2. The van der Waals surface area contributed by atoms with Gasteiger partial charge < -0.3 is 9.63 Å². The van der Waals surface area contributed by atoms with Crippen LogP contribution in [-0.2, 0) is 0 Å². The molecule has 3 rings (SSSR count). The van der Waals surface area contributed by atoms with Crippen LogP contribution in [0.2, 0.25) is 10.0 Å². The summed E-state index contributed by atoms with van der Waals surface area (Å²) in [6.07, 6.45) is 1.62. The normalized spacial score (nSPS) is 10.7. The Morgan fingerprint density at radius 3 is 2.75 bits per heavy atom. The third-order valence-corrected chi connectivity index (χ3v) is 3.08. The van der Waals surface area contributed by atoms with Crippen LogP contribution in [-0.4, -0.2) is 20.2 Å². The Hall–Kier alpha value is -2.11. The summed E-state index contributed by atoms with van der Waals surface area (Å²) in [5.74, 6) is 0.274. The molecule has 3 aromatic rings. The van der Waals surface area contributed by atoms with Gasteiger partial charge in [-0.15, -0.1) is 0 Å². The first kappa shape index (κ1) is 12.9. The zero-order valence-corrected chi connectivity index (χ0v) is 11.4. The molecule has 2 aromatic heterocycles. The first-order valence-corrected chi connectivity index (χ1v) is 6.34. The number of hydrogen-bond donors (Lipinski definition) is 1. The van der Waals surface area contributed by atoms with Gasteiger partial charge in [0.2, 0.25) is 5.82 Å². The number of aromatic nitrogens is 3. The van der Waals surface area contributed by atoms with Crippen LogP contribution in [0.3, 0.4) is 0 Å². The predicted molar refractivity (Wildman–Crippen MR) is 74.6 cm³/mol. The maximum absolute atomic E-state index is 9.92. The van der Waals surface area contributed by atoms with Crippen molar-refractivity contribution < 1.29 is 9.63 Å². The number of phenols is 1. The number of aromatic hydroxyl groups is 1. The van der Waals surface area contributed by atoms with E-state index in [9.17, 15) is 5.11 Å². The highest BCUT2D eigenvalue weighted by Crippen LogP contribution is 2.37. The number of benzene rings is 1. The standard InChI is InChI=1S/C13H7Cl2N3O2/c14-7-5-8(11(19)9(15)6-7)13-17-12(18-20-13)10-3-1-2-4-16-10/h1-6,19H. The summed E-state index contributed by atoms with van der Waals surface area (Å²) in [4.78, 5) is 8.29. The largest absolute Gasteiger partial charge is 0.506 e. The quantitative estimate of drug-likeness (QED) is 0.779. The van der Waals surface area contributed by atoms with Crippen molar-refractivity contribution in [1.82, 2.24) is 15.1 Å². The molecule has 0 amide bonds. The molecule has 2 heterocycles. The van der Waals surface area contributed by atoms with Crippen molar-refractivity contribution in [2.45, 2.75) is 0 Å². The molecular formula is C13H7Cl2N3O2. The van der Waals surface area contributed by atoms with Crippen LogP contribution in [0, 0.1) is 0 Å². The van der Waals surface area contributed by atoms with Crippen molar-refractivity contribution >= 4 is 23.2 Å². The molecule has 0 radical (unpaired) electrons. The molecule has 0 fully saturated rings. The lowest BCUT2D eigenvalue weighted by Gasteiger charge is -2.02. The number of phenolic OH excluding ortho intramolecular Hbond substituents is 1. The molecule has 100 valence electrons. The van der Waals surface area contributed by atoms with Crippen LogP contribution in [0.25, 0.3) is 23.0 Å². The second-order valence-electron chi connectivity index (χ2n) is 3.92. The van der Waals surface area contributed by atoms with Crippen molar-refractivity contribution in [3.8, 4) is 28.7 Å². The van der Waals surface area contributed by atoms with Gasteiger partial charge in [-0.1, -0.05) is 34.4 Å². The molecule has 0 aliphatic rings. The number of hydrogen-bond acceptors (Lipinski definition) is 5. The maximum Gasteiger partial charge on any atom is 0.262 e. The third-order valence-electron chi connectivity index (χ3n) is 2.58. The number of pyridine rings is 1. The van der Waals surface area contributed by atoms with E-state index in [1.54, 1.807) is 18.3 Å². The SMILES string of the molecule is Oc1c(Cl)cc(Cl)cc1-c1nc(-c2ccccn2)no1. The van der Waals surface area contributed by atoms with Gasteiger partial charge >= 0.3 is 0 Å². The summed E-state index contributed by atoms with van der Waals surface area (Å²) < 4.78 is 5.12.